The van der Waals surface area contributed by atoms with Crippen molar-refractivity contribution >= 4 is 23.6 Å². The number of carbonyl (C=O) groups is 1. The third kappa shape index (κ3) is 3.64. The van der Waals surface area contributed by atoms with E-state index >= 15 is 0 Å². The lowest BCUT2D eigenvalue weighted by Gasteiger charge is -2.02. The monoisotopic (exact) mass is 281 g/mol. The Morgan fingerprint density at radius 1 is 1.47 bits per heavy atom. The van der Waals surface area contributed by atoms with Crippen molar-refractivity contribution < 1.29 is 14.3 Å². The molecule has 2 rings (SSSR count). The maximum Gasteiger partial charge on any atom is 0.243 e. The molecule has 0 spiro atoms. The van der Waals surface area contributed by atoms with Crippen LogP contribution in [0, 0.1) is 0 Å². The number of hydrogen-bond acceptors (Lipinski definition) is 3. The molecule has 1 aliphatic heterocycles. The number of halogens is 1. The summed E-state index contributed by atoms with van der Waals surface area (Å²) in [4.78, 5) is 11.5. The summed E-state index contributed by atoms with van der Waals surface area (Å²) in [6, 6.07) is 3.54. The first-order valence-corrected chi connectivity index (χ1v) is 6.63. The molecule has 0 saturated heterocycles. The zero-order valence-corrected chi connectivity index (χ0v) is 11.5. The molecule has 0 unspecified atom stereocenters. The van der Waals surface area contributed by atoms with Gasteiger partial charge in [-0.05, 0) is 30.2 Å². The highest BCUT2D eigenvalue weighted by molar-refractivity contribution is 6.32. The van der Waals surface area contributed by atoms with E-state index in [-0.39, 0.29) is 12.7 Å². The fourth-order valence-electron chi connectivity index (χ4n) is 1.70. The molecule has 1 N–H and O–H groups in total. The Bertz CT molecular complexity index is 500. The second-order valence-electron chi connectivity index (χ2n) is 4.21. The summed E-state index contributed by atoms with van der Waals surface area (Å²) in [6.07, 6.45) is 5.23. The van der Waals surface area contributed by atoms with Crippen LogP contribution in [0.5, 0.6) is 11.5 Å². The normalized spacial score (nSPS) is 12.9. The second-order valence-corrected chi connectivity index (χ2v) is 4.62. The highest BCUT2D eigenvalue weighted by Crippen LogP contribution is 2.39. The molecule has 0 aromatic heterocycles. The lowest BCUT2D eigenvalue weighted by atomic mass is 10.2. The van der Waals surface area contributed by atoms with Gasteiger partial charge in [-0.3, -0.25) is 4.79 Å². The molecule has 1 aromatic carbocycles. The number of fused-ring (bicyclic) bond motifs is 1. The summed E-state index contributed by atoms with van der Waals surface area (Å²) in [5.41, 5.74) is 0.805. The van der Waals surface area contributed by atoms with Gasteiger partial charge in [-0.1, -0.05) is 24.9 Å². The SMILES string of the molecule is CCCCNC(=O)/C=C/c1cc(Cl)c2c(c1)OCO2. The Kier molecular flexibility index (Phi) is 4.68. The van der Waals surface area contributed by atoms with Crippen molar-refractivity contribution in [3.8, 4) is 11.5 Å². The van der Waals surface area contributed by atoms with Crippen LogP contribution in [-0.2, 0) is 4.79 Å². The van der Waals surface area contributed by atoms with Crippen LogP contribution in [0.2, 0.25) is 5.02 Å². The molecule has 5 heteroatoms. The molecule has 1 amide bonds. The minimum atomic E-state index is -0.109. The maximum absolute atomic E-state index is 11.5. The fraction of sp³-hybridized carbons (Fsp3) is 0.357. The van der Waals surface area contributed by atoms with Crippen LogP contribution in [0.25, 0.3) is 6.08 Å². The molecular weight excluding hydrogens is 266 g/mol. The number of nitrogens with one attached hydrogen (secondary N) is 1. The van der Waals surface area contributed by atoms with E-state index in [0.717, 1.165) is 18.4 Å². The predicted molar refractivity (Wildman–Crippen MR) is 74.5 cm³/mol. The highest BCUT2D eigenvalue weighted by atomic mass is 35.5. The van der Waals surface area contributed by atoms with Gasteiger partial charge in [0.05, 0.1) is 5.02 Å². The molecule has 0 radical (unpaired) electrons. The molecule has 102 valence electrons. The Morgan fingerprint density at radius 2 is 2.32 bits per heavy atom. The predicted octanol–water partition coefficient (Wildman–Crippen LogP) is 3.00. The van der Waals surface area contributed by atoms with Crippen LogP contribution in [-0.4, -0.2) is 19.2 Å². The van der Waals surface area contributed by atoms with E-state index in [4.69, 9.17) is 21.1 Å². The van der Waals surface area contributed by atoms with E-state index in [2.05, 4.69) is 12.2 Å². The number of hydrogen-bond donors (Lipinski definition) is 1. The summed E-state index contributed by atoms with van der Waals surface area (Å²) in [5.74, 6) is 1.06. The van der Waals surface area contributed by atoms with Gasteiger partial charge in [0.25, 0.3) is 0 Å². The minimum Gasteiger partial charge on any atom is -0.454 e. The zero-order chi connectivity index (χ0) is 13.7. The Hall–Kier alpha value is -1.68. The molecule has 4 nitrogen and oxygen atoms in total. The van der Waals surface area contributed by atoms with E-state index in [1.165, 1.54) is 6.08 Å². The number of rotatable bonds is 5. The largest absolute Gasteiger partial charge is 0.454 e. The average Bonchev–Trinajstić information content (AvgIpc) is 2.85. The van der Waals surface area contributed by atoms with E-state index in [1.54, 1.807) is 18.2 Å². The quantitative estimate of drug-likeness (QED) is 0.667. The van der Waals surface area contributed by atoms with Crippen LogP contribution in [0.4, 0.5) is 0 Å². The van der Waals surface area contributed by atoms with Crippen LogP contribution < -0.4 is 14.8 Å². The van der Waals surface area contributed by atoms with Crippen LogP contribution in [0.15, 0.2) is 18.2 Å². The number of ether oxygens (including phenoxy) is 2. The Labute approximate surface area is 117 Å². The summed E-state index contributed by atoms with van der Waals surface area (Å²) in [6.45, 7) is 2.96. The standard InChI is InChI=1S/C14H16ClNO3/c1-2-3-6-16-13(17)5-4-10-7-11(15)14-12(8-10)18-9-19-14/h4-5,7-8H,2-3,6,9H2,1H3,(H,16,17)/b5-4+. The number of amides is 1. The van der Waals surface area contributed by atoms with Crippen molar-refractivity contribution in [2.24, 2.45) is 0 Å². The number of benzene rings is 1. The van der Waals surface area contributed by atoms with Gasteiger partial charge in [0, 0.05) is 12.6 Å². The molecule has 19 heavy (non-hydrogen) atoms. The van der Waals surface area contributed by atoms with Crippen molar-refractivity contribution in [1.82, 2.24) is 5.32 Å². The molecular formula is C14H16ClNO3. The van der Waals surface area contributed by atoms with Gasteiger partial charge in [-0.2, -0.15) is 0 Å². The first-order valence-electron chi connectivity index (χ1n) is 6.25. The van der Waals surface area contributed by atoms with Gasteiger partial charge in [-0.25, -0.2) is 0 Å². The molecule has 0 atom stereocenters. The second kappa shape index (κ2) is 6.48. The van der Waals surface area contributed by atoms with Gasteiger partial charge in [-0.15, -0.1) is 0 Å². The van der Waals surface area contributed by atoms with Gasteiger partial charge in [0.1, 0.15) is 0 Å². The zero-order valence-electron chi connectivity index (χ0n) is 10.7. The van der Waals surface area contributed by atoms with Crippen molar-refractivity contribution in [2.45, 2.75) is 19.8 Å². The van der Waals surface area contributed by atoms with Crippen molar-refractivity contribution in [2.75, 3.05) is 13.3 Å². The van der Waals surface area contributed by atoms with Crippen LogP contribution in [0.3, 0.4) is 0 Å². The third-order valence-corrected chi connectivity index (χ3v) is 2.99. The van der Waals surface area contributed by atoms with Gasteiger partial charge in [0.15, 0.2) is 11.5 Å². The lowest BCUT2D eigenvalue weighted by Crippen LogP contribution is -2.21. The average molecular weight is 282 g/mol. The van der Waals surface area contributed by atoms with Crippen molar-refractivity contribution in [3.63, 3.8) is 0 Å². The molecule has 1 aromatic rings. The smallest absolute Gasteiger partial charge is 0.243 e. The summed E-state index contributed by atoms with van der Waals surface area (Å²) in [5, 5.41) is 3.29. The van der Waals surface area contributed by atoms with Gasteiger partial charge < -0.3 is 14.8 Å². The Balaban J connectivity index is 1.99. The number of unbranched alkanes of at least 4 members (excludes halogenated alkanes) is 1. The minimum absolute atomic E-state index is 0.109. The van der Waals surface area contributed by atoms with Gasteiger partial charge in [0.2, 0.25) is 12.7 Å². The summed E-state index contributed by atoms with van der Waals surface area (Å²) in [7, 11) is 0. The molecule has 0 fully saturated rings. The first-order chi connectivity index (χ1) is 9.20. The highest BCUT2D eigenvalue weighted by Gasteiger charge is 2.17. The fourth-order valence-corrected chi connectivity index (χ4v) is 1.98. The molecule has 0 aliphatic carbocycles. The Morgan fingerprint density at radius 3 is 3.11 bits per heavy atom. The van der Waals surface area contributed by atoms with E-state index in [1.807, 2.05) is 0 Å². The number of carbonyl (C=O) groups excluding carboxylic acids is 1. The van der Waals surface area contributed by atoms with Gasteiger partial charge >= 0.3 is 0 Å². The van der Waals surface area contributed by atoms with E-state index in [0.29, 0.717) is 23.1 Å². The van der Waals surface area contributed by atoms with Crippen molar-refractivity contribution in [1.29, 1.82) is 0 Å². The first kappa shape index (κ1) is 13.7. The van der Waals surface area contributed by atoms with Crippen LogP contribution >= 0.6 is 11.6 Å². The maximum atomic E-state index is 11.5. The molecule has 0 bridgehead atoms. The molecule has 1 heterocycles. The molecule has 0 saturated carbocycles. The van der Waals surface area contributed by atoms with Crippen LogP contribution in [0.1, 0.15) is 25.3 Å². The summed E-state index contributed by atoms with van der Waals surface area (Å²) < 4.78 is 10.5. The topological polar surface area (TPSA) is 47.6 Å². The van der Waals surface area contributed by atoms with E-state index < -0.39 is 0 Å². The van der Waals surface area contributed by atoms with E-state index in [9.17, 15) is 4.79 Å². The molecule has 1 aliphatic rings. The summed E-state index contributed by atoms with van der Waals surface area (Å²) >= 11 is 6.05. The van der Waals surface area contributed by atoms with Crippen molar-refractivity contribution in [3.05, 3.63) is 28.8 Å². The third-order valence-electron chi connectivity index (χ3n) is 2.71. The lowest BCUT2D eigenvalue weighted by molar-refractivity contribution is -0.116.